The Balaban J connectivity index is 1.32. The van der Waals surface area contributed by atoms with Crippen LogP contribution < -0.4 is 0 Å². The Morgan fingerprint density at radius 3 is 2.67 bits per heavy atom. The minimum Gasteiger partial charge on any atom is -0.392 e. The first kappa shape index (κ1) is 19.2. The Hall–Kier alpha value is -1.50. The summed E-state index contributed by atoms with van der Waals surface area (Å²) in [6.45, 7) is 0. The number of benzene rings is 1. The van der Waals surface area contributed by atoms with Crippen LogP contribution in [0.2, 0.25) is 0 Å². The second-order valence-electron chi connectivity index (χ2n) is 10.1. The molecule has 4 atom stereocenters. The van der Waals surface area contributed by atoms with Gasteiger partial charge in [-0.2, -0.15) is 0 Å². The smallest absolute Gasteiger partial charge is 0.392 e. The van der Waals surface area contributed by atoms with Gasteiger partial charge in [-0.25, -0.2) is 9.55 Å². The fourth-order valence-electron chi connectivity index (χ4n) is 7.63. The van der Waals surface area contributed by atoms with E-state index in [4.69, 9.17) is 4.52 Å². The highest BCUT2D eigenvalue weighted by Gasteiger charge is 2.62. The molecule has 1 aromatic heterocycles. The highest BCUT2D eigenvalue weighted by Crippen LogP contribution is 2.67. The van der Waals surface area contributed by atoms with Gasteiger partial charge in [0.2, 0.25) is 0 Å². The van der Waals surface area contributed by atoms with Gasteiger partial charge in [0.25, 0.3) is 0 Å². The number of rotatable bonds is 5. The quantitative estimate of drug-likeness (QED) is 0.626. The molecule has 8 heteroatoms. The van der Waals surface area contributed by atoms with Crippen molar-refractivity contribution in [3.8, 4) is 11.3 Å². The predicted octanol–water partition coefficient (Wildman–Crippen LogP) is 3.65. The van der Waals surface area contributed by atoms with E-state index in [9.17, 15) is 19.5 Å². The van der Waals surface area contributed by atoms with Crippen LogP contribution in [0.5, 0.6) is 0 Å². The molecule has 160 valence electrons. The van der Waals surface area contributed by atoms with E-state index in [1.54, 1.807) is 0 Å². The number of imidazole rings is 1. The van der Waals surface area contributed by atoms with Gasteiger partial charge in [0.05, 0.1) is 36.0 Å². The molecular weight excluding hydrogens is 403 g/mol. The molecule has 0 spiro atoms. The van der Waals surface area contributed by atoms with Gasteiger partial charge in [0.15, 0.2) is 0 Å². The second-order valence-corrected chi connectivity index (χ2v) is 11.3. The van der Waals surface area contributed by atoms with Crippen LogP contribution in [0, 0.1) is 17.3 Å². The van der Waals surface area contributed by atoms with Crippen molar-refractivity contribution in [3.63, 3.8) is 0 Å². The molecule has 2 heterocycles. The molecule has 5 aliphatic rings. The first-order valence-corrected chi connectivity index (χ1v) is 12.3. The molecule has 4 saturated carbocycles. The van der Waals surface area contributed by atoms with Gasteiger partial charge in [-0.3, -0.25) is 4.52 Å². The van der Waals surface area contributed by atoms with Crippen molar-refractivity contribution in [2.24, 2.45) is 17.3 Å². The molecule has 4 unspecified atom stereocenters. The van der Waals surface area contributed by atoms with Crippen molar-refractivity contribution < 1.29 is 24.0 Å². The molecule has 3 N–H and O–H groups in total. The zero-order chi connectivity index (χ0) is 20.7. The number of phosphoric ester groups is 1. The maximum atomic E-state index is 11.7. The number of fused-ring (bicyclic) bond motifs is 3. The summed E-state index contributed by atoms with van der Waals surface area (Å²) in [5, 5.41) is 11.6. The molecule has 1 aliphatic heterocycles. The topological polar surface area (TPSA) is 105 Å². The summed E-state index contributed by atoms with van der Waals surface area (Å²) in [6, 6.07) is 8.31. The SMILES string of the molecule is O=P(O)(O)OC12CC3CC(C1)CC(C(O)CC1c4ccccc4-c4cncn41)(C3)C2. The van der Waals surface area contributed by atoms with Crippen LogP contribution in [0.1, 0.15) is 56.6 Å². The average Bonchev–Trinajstić information content (AvgIpc) is 3.21. The second kappa shape index (κ2) is 6.27. The number of phosphoric acid groups is 1. The molecule has 4 bridgehead atoms. The number of nitrogens with zero attached hydrogens (tertiary/aromatic N) is 2. The molecule has 7 rings (SSSR count). The zero-order valence-electron chi connectivity index (χ0n) is 16.7. The highest BCUT2D eigenvalue weighted by atomic mass is 31.2. The van der Waals surface area contributed by atoms with Gasteiger partial charge in [-0.15, -0.1) is 0 Å². The summed E-state index contributed by atoms with van der Waals surface area (Å²) in [5.74, 6) is 0.735. The summed E-state index contributed by atoms with van der Waals surface area (Å²) >= 11 is 0. The lowest BCUT2D eigenvalue weighted by molar-refractivity contribution is -0.191. The van der Waals surface area contributed by atoms with Crippen LogP contribution in [0.15, 0.2) is 36.8 Å². The fourth-order valence-corrected chi connectivity index (χ4v) is 8.35. The summed E-state index contributed by atoms with van der Waals surface area (Å²) in [4.78, 5) is 23.4. The fraction of sp³-hybridized carbons (Fsp3) is 0.591. The molecule has 2 aromatic rings. The van der Waals surface area contributed by atoms with E-state index in [2.05, 4.69) is 21.7 Å². The van der Waals surface area contributed by atoms with Crippen molar-refractivity contribution in [1.82, 2.24) is 9.55 Å². The Labute approximate surface area is 175 Å². The molecule has 1 aromatic carbocycles. The Bertz CT molecular complexity index is 1030. The van der Waals surface area contributed by atoms with E-state index in [0.29, 0.717) is 37.5 Å². The largest absolute Gasteiger partial charge is 0.470 e. The monoisotopic (exact) mass is 430 g/mol. The van der Waals surface area contributed by atoms with Gasteiger partial charge in [-0.1, -0.05) is 24.3 Å². The third kappa shape index (κ3) is 2.87. The molecule has 30 heavy (non-hydrogen) atoms. The highest BCUT2D eigenvalue weighted by molar-refractivity contribution is 7.46. The summed E-state index contributed by atoms with van der Waals surface area (Å²) in [6.07, 6.45) is 8.57. The number of aliphatic hydroxyl groups excluding tert-OH is 1. The average molecular weight is 430 g/mol. The van der Waals surface area contributed by atoms with E-state index in [0.717, 1.165) is 25.0 Å². The lowest BCUT2D eigenvalue weighted by atomic mass is 9.46. The van der Waals surface area contributed by atoms with Crippen LogP contribution >= 0.6 is 7.82 Å². The number of hydrogen-bond acceptors (Lipinski definition) is 4. The standard InChI is InChI=1S/C22H27N2O5P/c25-20(6-18-16-3-1-2-4-17(16)19-11-23-13-24(18)19)21-7-14-5-15(8-21)10-22(9-14,12-21)29-30(26,27)28/h1-4,11,13-15,18,20,25H,5-10,12H2,(H2,26,27,28). The van der Waals surface area contributed by atoms with E-state index in [1.165, 1.54) is 11.1 Å². The van der Waals surface area contributed by atoms with Crippen molar-refractivity contribution in [2.45, 2.75) is 62.7 Å². The van der Waals surface area contributed by atoms with Crippen molar-refractivity contribution in [2.75, 3.05) is 0 Å². The van der Waals surface area contributed by atoms with Crippen LogP contribution in [-0.4, -0.2) is 36.1 Å². The van der Waals surface area contributed by atoms with E-state index in [-0.39, 0.29) is 11.5 Å². The van der Waals surface area contributed by atoms with Gasteiger partial charge in [0, 0.05) is 5.56 Å². The van der Waals surface area contributed by atoms with Crippen LogP contribution in [0.3, 0.4) is 0 Å². The van der Waals surface area contributed by atoms with E-state index >= 15 is 0 Å². The van der Waals surface area contributed by atoms with E-state index < -0.39 is 19.5 Å². The van der Waals surface area contributed by atoms with Crippen LogP contribution in [-0.2, 0) is 9.09 Å². The van der Waals surface area contributed by atoms with Gasteiger partial charge in [-0.05, 0) is 67.8 Å². The normalized spacial score (nSPS) is 37.2. The maximum Gasteiger partial charge on any atom is 0.470 e. The Morgan fingerprint density at radius 1 is 1.20 bits per heavy atom. The molecule has 0 radical (unpaired) electrons. The molecule has 0 amide bonds. The predicted molar refractivity (Wildman–Crippen MR) is 109 cm³/mol. The molecular formula is C22H27N2O5P. The number of hydrogen-bond donors (Lipinski definition) is 3. The molecule has 4 fully saturated rings. The van der Waals surface area contributed by atoms with Crippen molar-refractivity contribution >= 4 is 7.82 Å². The Morgan fingerprint density at radius 2 is 1.93 bits per heavy atom. The minimum absolute atomic E-state index is 0.0281. The van der Waals surface area contributed by atoms with Crippen LogP contribution in [0.4, 0.5) is 0 Å². The van der Waals surface area contributed by atoms with Gasteiger partial charge >= 0.3 is 7.82 Å². The lowest BCUT2D eigenvalue weighted by Crippen LogP contribution is -2.60. The van der Waals surface area contributed by atoms with Gasteiger partial charge in [0.1, 0.15) is 0 Å². The summed E-state index contributed by atoms with van der Waals surface area (Å²) in [7, 11) is -4.58. The van der Waals surface area contributed by atoms with Crippen molar-refractivity contribution in [3.05, 3.63) is 42.4 Å². The number of aromatic nitrogens is 2. The number of aliphatic hydroxyl groups is 1. The summed E-state index contributed by atoms with van der Waals surface area (Å²) < 4.78 is 19.3. The van der Waals surface area contributed by atoms with E-state index in [1.807, 2.05) is 24.7 Å². The zero-order valence-corrected chi connectivity index (χ0v) is 17.6. The molecule has 4 aliphatic carbocycles. The lowest BCUT2D eigenvalue weighted by Gasteiger charge is -2.62. The first-order valence-electron chi connectivity index (χ1n) is 10.8. The third-order valence-corrected chi connectivity index (χ3v) is 8.74. The molecule has 7 nitrogen and oxygen atoms in total. The van der Waals surface area contributed by atoms with Crippen LogP contribution in [0.25, 0.3) is 11.3 Å². The minimum atomic E-state index is -4.58. The third-order valence-electron chi connectivity index (χ3n) is 8.12. The molecule has 0 saturated heterocycles. The van der Waals surface area contributed by atoms with Gasteiger partial charge < -0.3 is 19.5 Å². The maximum absolute atomic E-state index is 11.7. The Kier molecular flexibility index (Phi) is 4.01. The summed E-state index contributed by atoms with van der Waals surface area (Å²) in [5.41, 5.74) is 2.32. The first-order chi connectivity index (χ1) is 14.3. The van der Waals surface area contributed by atoms with Crippen molar-refractivity contribution in [1.29, 1.82) is 0 Å².